The molecular formula is C22H16ClFN6. The molecule has 0 saturated carbocycles. The van der Waals surface area contributed by atoms with Crippen LogP contribution in [0.5, 0.6) is 0 Å². The zero-order chi connectivity index (χ0) is 21.3. The number of pyridine rings is 1. The first-order valence-electron chi connectivity index (χ1n) is 9.09. The summed E-state index contributed by atoms with van der Waals surface area (Å²) in [5.74, 6) is 0.0613. The molecule has 0 aliphatic heterocycles. The zero-order valence-corrected chi connectivity index (χ0v) is 16.7. The van der Waals surface area contributed by atoms with Crippen molar-refractivity contribution in [3.63, 3.8) is 0 Å². The van der Waals surface area contributed by atoms with E-state index in [2.05, 4.69) is 20.3 Å². The smallest absolute Gasteiger partial charge is 0.150 e. The fourth-order valence-electron chi connectivity index (χ4n) is 3.40. The molecule has 4 rings (SSSR count). The summed E-state index contributed by atoms with van der Waals surface area (Å²) in [7, 11) is 0. The van der Waals surface area contributed by atoms with Crippen molar-refractivity contribution >= 4 is 34.1 Å². The monoisotopic (exact) mass is 418 g/mol. The van der Waals surface area contributed by atoms with Crippen LogP contribution < -0.4 is 11.1 Å². The largest absolute Gasteiger partial charge is 0.382 e. The lowest BCUT2D eigenvalue weighted by molar-refractivity contribution is 0.628. The highest BCUT2D eigenvalue weighted by Crippen LogP contribution is 2.37. The van der Waals surface area contributed by atoms with Crippen molar-refractivity contribution in [2.75, 3.05) is 11.1 Å². The molecule has 0 aliphatic rings. The maximum Gasteiger partial charge on any atom is 0.150 e. The molecule has 4 aromatic rings. The maximum atomic E-state index is 14.0. The summed E-state index contributed by atoms with van der Waals surface area (Å²) in [4.78, 5) is 12.5. The van der Waals surface area contributed by atoms with E-state index in [1.165, 1.54) is 18.5 Å². The van der Waals surface area contributed by atoms with E-state index in [1.807, 2.05) is 31.2 Å². The second kappa shape index (κ2) is 7.93. The number of nitrogens with zero attached hydrogens (tertiary/aromatic N) is 4. The van der Waals surface area contributed by atoms with Crippen LogP contribution in [0.2, 0.25) is 5.02 Å². The number of aromatic nitrogens is 3. The standard InChI is InChI=1S/C22H16ClFN6/c1-12(30-22-16(9-25)21(26)28-11-29-22)17-10-27-20-15(6-3-7-18(20)23)19(17)13-4-2-5-14(24)8-13/h2-8,10-12H,1H3,(H3,26,28,29,30)/t12-/m1/s1. The summed E-state index contributed by atoms with van der Waals surface area (Å²) in [5.41, 5.74) is 8.85. The number of nitrogens with two attached hydrogens (primary N) is 1. The maximum absolute atomic E-state index is 14.0. The van der Waals surface area contributed by atoms with Gasteiger partial charge in [0.2, 0.25) is 0 Å². The van der Waals surface area contributed by atoms with E-state index in [1.54, 1.807) is 18.3 Å². The van der Waals surface area contributed by atoms with Crippen molar-refractivity contribution in [3.05, 3.63) is 77.0 Å². The number of benzene rings is 2. The predicted octanol–water partition coefficient (Wildman–Crippen LogP) is 5.11. The van der Waals surface area contributed by atoms with Crippen molar-refractivity contribution in [3.8, 4) is 17.2 Å². The normalized spacial score (nSPS) is 11.8. The molecule has 6 nitrogen and oxygen atoms in total. The Labute approximate surface area is 177 Å². The van der Waals surface area contributed by atoms with E-state index in [0.29, 0.717) is 21.9 Å². The van der Waals surface area contributed by atoms with Gasteiger partial charge in [-0.05, 0) is 36.2 Å². The average Bonchev–Trinajstić information content (AvgIpc) is 2.73. The van der Waals surface area contributed by atoms with E-state index in [4.69, 9.17) is 17.3 Å². The summed E-state index contributed by atoms with van der Waals surface area (Å²) < 4.78 is 14.0. The molecule has 0 radical (unpaired) electrons. The van der Waals surface area contributed by atoms with E-state index in [-0.39, 0.29) is 23.2 Å². The van der Waals surface area contributed by atoms with E-state index in [0.717, 1.165) is 16.5 Å². The minimum absolute atomic E-state index is 0.0935. The molecule has 8 heteroatoms. The first kappa shape index (κ1) is 19.6. The van der Waals surface area contributed by atoms with Gasteiger partial charge < -0.3 is 11.1 Å². The van der Waals surface area contributed by atoms with Crippen LogP contribution in [0, 0.1) is 17.1 Å². The minimum Gasteiger partial charge on any atom is -0.382 e. The van der Waals surface area contributed by atoms with E-state index in [9.17, 15) is 9.65 Å². The molecule has 0 spiro atoms. The van der Waals surface area contributed by atoms with Crippen LogP contribution in [0.15, 0.2) is 55.0 Å². The number of halogens is 2. The van der Waals surface area contributed by atoms with Gasteiger partial charge in [-0.2, -0.15) is 5.26 Å². The third-order valence-corrected chi connectivity index (χ3v) is 5.10. The molecule has 0 fully saturated rings. The number of para-hydroxylation sites is 1. The number of nitrogen functional groups attached to an aromatic ring is 1. The number of rotatable bonds is 4. The van der Waals surface area contributed by atoms with Gasteiger partial charge >= 0.3 is 0 Å². The molecule has 148 valence electrons. The predicted molar refractivity (Wildman–Crippen MR) is 115 cm³/mol. The Kier molecular flexibility index (Phi) is 5.17. The van der Waals surface area contributed by atoms with Gasteiger partial charge in [0, 0.05) is 17.1 Å². The van der Waals surface area contributed by atoms with Crippen LogP contribution in [0.4, 0.5) is 16.0 Å². The molecule has 30 heavy (non-hydrogen) atoms. The highest BCUT2D eigenvalue weighted by Gasteiger charge is 2.19. The number of hydrogen-bond acceptors (Lipinski definition) is 6. The van der Waals surface area contributed by atoms with Crippen LogP contribution in [0.25, 0.3) is 22.0 Å². The van der Waals surface area contributed by atoms with Crippen LogP contribution in [-0.4, -0.2) is 15.0 Å². The molecule has 2 heterocycles. The summed E-state index contributed by atoms with van der Waals surface area (Å²) in [6, 6.07) is 13.5. The van der Waals surface area contributed by atoms with Crippen molar-refractivity contribution < 1.29 is 4.39 Å². The third-order valence-electron chi connectivity index (χ3n) is 4.80. The molecule has 3 N–H and O–H groups in total. The van der Waals surface area contributed by atoms with E-state index >= 15 is 0 Å². The van der Waals surface area contributed by atoms with Gasteiger partial charge in [0.25, 0.3) is 0 Å². The molecular weight excluding hydrogens is 403 g/mol. The molecule has 1 atom stereocenters. The number of fused-ring (bicyclic) bond motifs is 1. The Balaban J connectivity index is 1.90. The highest BCUT2D eigenvalue weighted by atomic mass is 35.5. The van der Waals surface area contributed by atoms with Crippen LogP contribution in [0.1, 0.15) is 24.1 Å². The summed E-state index contributed by atoms with van der Waals surface area (Å²) >= 11 is 6.35. The second-order valence-corrected chi connectivity index (χ2v) is 7.10. The van der Waals surface area contributed by atoms with Gasteiger partial charge in [-0.25, -0.2) is 14.4 Å². The minimum atomic E-state index is -0.346. The first-order chi connectivity index (χ1) is 14.5. The Bertz CT molecular complexity index is 1300. The number of nitrogens with one attached hydrogen (secondary N) is 1. The van der Waals surface area contributed by atoms with Gasteiger partial charge in [-0.15, -0.1) is 0 Å². The summed E-state index contributed by atoms with van der Waals surface area (Å²) in [5, 5.41) is 13.9. The quantitative estimate of drug-likeness (QED) is 0.477. The lowest BCUT2D eigenvalue weighted by Crippen LogP contribution is -2.12. The van der Waals surface area contributed by atoms with Gasteiger partial charge in [0.1, 0.15) is 35.4 Å². The topological polar surface area (TPSA) is 101 Å². The summed E-state index contributed by atoms with van der Waals surface area (Å²) in [6.07, 6.45) is 2.99. The Morgan fingerprint density at radius 1 is 1.17 bits per heavy atom. The Morgan fingerprint density at radius 2 is 1.97 bits per heavy atom. The van der Waals surface area contributed by atoms with E-state index < -0.39 is 0 Å². The van der Waals surface area contributed by atoms with Gasteiger partial charge in [0.05, 0.1) is 16.6 Å². The molecule has 0 amide bonds. The number of hydrogen-bond donors (Lipinski definition) is 2. The highest BCUT2D eigenvalue weighted by molar-refractivity contribution is 6.35. The summed E-state index contributed by atoms with van der Waals surface area (Å²) in [6.45, 7) is 1.90. The zero-order valence-electron chi connectivity index (χ0n) is 15.9. The van der Waals surface area contributed by atoms with Crippen molar-refractivity contribution in [1.29, 1.82) is 5.26 Å². The van der Waals surface area contributed by atoms with Gasteiger partial charge in [-0.1, -0.05) is 35.9 Å². The fraction of sp³-hybridized carbons (Fsp3) is 0.0909. The molecule has 2 aromatic heterocycles. The third kappa shape index (κ3) is 3.49. The van der Waals surface area contributed by atoms with Crippen molar-refractivity contribution in [2.45, 2.75) is 13.0 Å². The van der Waals surface area contributed by atoms with Crippen LogP contribution in [0.3, 0.4) is 0 Å². The Hall–Kier alpha value is -3.76. The SMILES string of the molecule is C[C@@H](Nc1ncnc(N)c1C#N)c1cnc2c(Cl)cccc2c1-c1cccc(F)c1. The lowest BCUT2D eigenvalue weighted by atomic mass is 9.93. The van der Waals surface area contributed by atoms with Crippen LogP contribution in [-0.2, 0) is 0 Å². The van der Waals surface area contributed by atoms with Crippen LogP contribution >= 0.6 is 11.6 Å². The Morgan fingerprint density at radius 3 is 2.73 bits per heavy atom. The molecule has 0 saturated heterocycles. The fourth-order valence-corrected chi connectivity index (χ4v) is 3.62. The number of nitriles is 1. The van der Waals surface area contributed by atoms with Crippen molar-refractivity contribution in [2.24, 2.45) is 0 Å². The molecule has 0 bridgehead atoms. The number of anilines is 2. The van der Waals surface area contributed by atoms with Crippen molar-refractivity contribution in [1.82, 2.24) is 15.0 Å². The first-order valence-corrected chi connectivity index (χ1v) is 9.47. The lowest BCUT2D eigenvalue weighted by Gasteiger charge is -2.21. The molecule has 0 aliphatic carbocycles. The second-order valence-electron chi connectivity index (χ2n) is 6.70. The van der Waals surface area contributed by atoms with Gasteiger partial charge in [-0.3, -0.25) is 4.98 Å². The molecule has 2 aromatic carbocycles. The van der Waals surface area contributed by atoms with Gasteiger partial charge in [0.15, 0.2) is 0 Å². The average molecular weight is 419 g/mol. The molecule has 0 unspecified atom stereocenters.